The van der Waals surface area contributed by atoms with E-state index in [-0.39, 0.29) is 11.1 Å². The zero-order valence-electron chi connectivity index (χ0n) is 9.85. The molecule has 0 spiro atoms. The fraction of sp³-hybridized carbons (Fsp3) is 0.0769. The Balaban J connectivity index is 2.79. The van der Waals surface area contributed by atoms with E-state index in [2.05, 4.69) is 0 Å². The average Bonchev–Trinajstić information content (AvgIpc) is 2.32. The first-order chi connectivity index (χ1) is 8.91. The zero-order chi connectivity index (χ0) is 14.2. The van der Waals surface area contributed by atoms with Gasteiger partial charge in [-0.1, -0.05) is 0 Å². The van der Waals surface area contributed by atoms with Gasteiger partial charge in [0.05, 0.1) is 0 Å². The third-order valence-electron chi connectivity index (χ3n) is 2.70. The predicted octanol–water partition coefficient (Wildman–Crippen LogP) is 2.03. The van der Waals surface area contributed by atoms with E-state index in [4.69, 9.17) is 5.11 Å². The largest absolute Gasteiger partial charge is 0.477 e. The quantitative estimate of drug-likeness (QED) is 0.903. The molecule has 0 aliphatic heterocycles. The lowest BCUT2D eigenvalue weighted by Crippen LogP contribution is -2.24. The van der Waals surface area contributed by atoms with Crippen molar-refractivity contribution in [1.29, 1.82) is 0 Å². The summed E-state index contributed by atoms with van der Waals surface area (Å²) < 4.78 is 27.6. The number of benzene rings is 1. The van der Waals surface area contributed by atoms with E-state index in [1.807, 2.05) is 0 Å². The summed E-state index contributed by atoms with van der Waals surface area (Å²) in [6.07, 6.45) is 1.33. The van der Waals surface area contributed by atoms with Crippen LogP contribution in [0.25, 0.3) is 11.1 Å². The fourth-order valence-corrected chi connectivity index (χ4v) is 1.77. The number of carboxylic acid groups (broad SMARTS) is 1. The third kappa shape index (κ3) is 2.24. The molecule has 0 radical (unpaired) electrons. The summed E-state index contributed by atoms with van der Waals surface area (Å²) >= 11 is 0. The lowest BCUT2D eigenvalue weighted by molar-refractivity contribution is 0.0695. The van der Waals surface area contributed by atoms with Crippen molar-refractivity contribution >= 4 is 5.97 Å². The Morgan fingerprint density at radius 2 is 1.89 bits per heavy atom. The molecule has 0 aliphatic rings. The monoisotopic (exact) mass is 265 g/mol. The molecule has 19 heavy (non-hydrogen) atoms. The SMILES string of the molecule is Cn1ccc(-c2ccc(F)cc2F)c(C(=O)O)c1=O. The van der Waals surface area contributed by atoms with E-state index in [1.54, 1.807) is 0 Å². The number of hydrogen-bond donors (Lipinski definition) is 1. The minimum Gasteiger partial charge on any atom is -0.477 e. The number of aryl methyl sites for hydroxylation is 1. The molecule has 1 heterocycles. The van der Waals surface area contributed by atoms with Crippen LogP contribution in [0.1, 0.15) is 10.4 Å². The minimum atomic E-state index is -1.46. The first kappa shape index (κ1) is 12.9. The molecule has 2 aromatic rings. The van der Waals surface area contributed by atoms with Crippen LogP contribution in [-0.4, -0.2) is 15.6 Å². The maximum atomic E-state index is 13.7. The highest BCUT2D eigenvalue weighted by molar-refractivity contribution is 5.95. The van der Waals surface area contributed by atoms with Crippen LogP contribution in [0.2, 0.25) is 0 Å². The van der Waals surface area contributed by atoms with Crippen molar-refractivity contribution in [2.45, 2.75) is 0 Å². The van der Waals surface area contributed by atoms with Crippen molar-refractivity contribution in [3.05, 3.63) is 58.0 Å². The lowest BCUT2D eigenvalue weighted by atomic mass is 10.0. The molecule has 98 valence electrons. The van der Waals surface area contributed by atoms with Crippen LogP contribution in [-0.2, 0) is 7.05 Å². The Bertz CT molecular complexity index is 722. The van der Waals surface area contributed by atoms with E-state index in [9.17, 15) is 18.4 Å². The van der Waals surface area contributed by atoms with Crippen molar-refractivity contribution < 1.29 is 18.7 Å². The molecule has 0 amide bonds. The summed E-state index contributed by atoms with van der Waals surface area (Å²) in [6.45, 7) is 0. The van der Waals surface area contributed by atoms with Crippen LogP contribution in [0.4, 0.5) is 8.78 Å². The van der Waals surface area contributed by atoms with Gasteiger partial charge in [0.2, 0.25) is 0 Å². The molecule has 1 N–H and O–H groups in total. The number of aromatic nitrogens is 1. The van der Waals surface area contributed by atoms with Gasteiger partial charge in [-0.25, -0.2) is 13.6 Å². The number of pyridine rings is 1. The van der Waals surface area contributed by atoms with E-state index in [0.29, 0.717) is 6.07 Å². The minimum absolute atomic E-state index is 0.0758. The molecule has 1 aromatic carbocycles. The fourth-order valence-electron chi connectivity index (χ4n) is 1.77. The van der Waals surface area contributed by atoms with Crippen LogP contribution >= 0.6 is 0 Å². The summed E-state index contributed by atoms with van der Waals surface area (Å²) in [5.41, 5.74) is -1.51. The van der Waals surface area contributed by atoms with Gasteiger partial charge in [0.15, 0.2) is 0 Å². The number of hydrogen-bond acceptors (Lipinski definition) is 2. The van der Waals surface area contributed by atoms with Gasteiger partial charge in [0, 0.05) is 30.4 Å². The van der Waals surface area contributed by atoms with E-state index in [1.165, 1.54) is 19.3 Å². The summed E-state index contributed by atoms with van der Waals surface area (Å²) in [4.78, 5) is 22.9. The van der Waals surface area contributed by atoms with Gasteiger partial charge in [0.25, 0.3) is 5.56 Å². The van der Waals surface area contributed by atoms with Crippen molar-refractivity contribution in [2.24, 2.45) is 7.05 Å². The molecule has 0 unspecified atom stereocenters. The Hall–Kier alpha value is -2.50. The Morgan fingerprint density at radius 3 is 2.47 bits per heavy atom. The number of carboxylic acids is 1. The topological polar surface area (TPSA) is 59.3 Å². The molecule has 0 aliphatic carbocycles. The van der Waals surface area contributed by atoms with Gasteiger partial charge >= 0.3 is 5.97 Å². The first-order valence-corrected chi connectivity index (χ1v) is 5.30. The molecular weight excluding hydrogens is 256 g/mol. The molecule has 1 aromatic heterocycles. The van der Waals surface area contributed by atoms with Crippen LogP contribution < -0.4 is 5.56 Å². The second-order valence-electron chi connectivity index (χ2n) is 3.95. The van der Waals surface area contributed by atoms with Gasteiger partial charge in [-0.05, 0) is 18.2 Å². The van der Waals surface area contributed by atoms with Crippen LogP contribution in [0.3, 0.4) is 0 Å². The summed E-state index contributed by atoms with van der Waals surface area (Å²) in [5, 5.41) is 9.07. The maximum absolute atomic E-state index is 13.7. The normalized spacial score (nSPS) is 10.5. The van der Waals surface area contributed by atoms with Gasteiger partial charge in [-0.3, -0.25) is 4.79 Å². The number of nitrogens with zero attached hydrogens (tertiary/aromatic N) is 1. The molecule has 0 fully saturated rings. The maximum Gasteiger partial charge on any atom is 0.341 e. The second-order valence-corrected chi connectivity index (χ2v) is 3.95. The number of carbonyl (C=O) groups is 1. The van der Waals surface area contributed by atoms with Crippen molar-refractivity contribution in [3.8, 4) is 11.1 Å². The molecule has 0 saturated heterocycles. The molecule has 0 saturated carbocycles. The average molecular weight is 265 g/mol. The Kier molecular flexibility index (Phi) is 3.16. The third-order valence-corrected chi connectivity index (χ3v) is 2.70. The predicted molar refractivity (Wildman–Crippen MR) is 64.0 cm³/mol. The van der Waals surface area contributed by atoms with Crippen LogP contribution in [0.5, 0.6) is 0 Å². The molecule has 0 atom stereocenters. The molecular formula is C13H9F2NO3. The van der Waals surface area contributed by atoms with E-state index in [0.717, 1.165) is 16.7 Å². The van der Waals surface area contributed by atoms with Crippen LogP contribution in [0.15, 0.2) is 35.3 Å². The number of halogens is 2. The van der Waals surface area contributed by atoms with Gasteiger partial charge in [-0.15, -0.1) is 0 Å². The molecule has 4 nitrogen and oxygen atoms in total. The van der Waals surface area contributed by atoms with Gasteiger partial charge in [0.1, 0.15) is 17.2 Å². The van der Waals surface area contributed by atoms with Crippen molar-refractivity contribution in [2.75, 3.05) is 0 Å². The summed E-state index contributed by atoms with van der Waals surface area (Å²) in [5.74, 6) is -3.15. The lowest BCUT2D eigenvalue weighted by Gasteiger charge is -2.08. The van der Waals surface area contributed by atoms with E-state index >= 15 is 0 Å². The molecule has 6 heteroatoms. The standard InChI is InChI=1S/C13H9F2NO3/c1-16-5-4-9(11(12(16)17)13(18)19)8-3-2-7(14)6-10(8)15/h2-6H,1H3,(H,18,19). The molecule has 2 rings (SSSR count). The van der Waals surface area contributed by atoms with Gasteiger partial charge < -0.3 is 9.67 Å². The smallest absolute Gasteiger partial charge is 0.341 e. The van der Waals surface area contributed by atoms with Crippen molar-refractivity contribution in [1.82, 2.24) is 4.57 Å². The summed E-state index contributed by atoms with van der Waals surface area (Å²) in [6, 6.07) is 4.05. The van der Waals surface area contributed by atoms with Crippen molar-refractivity contribution in [3.63, 3.8) is 0 Å². The summed E-state index contributed by atoms with van der Waals surface area (Å²) in [7, 11) is 1.39. The highest BCUT2D eigenvalue weighted by Gasteiger charge is 2.19. The highest BCUT2D eigenvalue weighted by Crippen LogP contribution is 2.25. The Labute approximate surface area is 106 Å². The number of aromatic carboxylic acids is 1. The molecule has 0 bridgehead atoms. The van der Waals surface area contributed by atoms with Gasteiger partial charge in [-0.2, -0.15) is 0 Å². The first-order valence-electron chi connectivity index (χ1n) is 5.30. The Morgan fingerprint density at radius 1 is 1.21 bits per heavy atom. The van der Waals surface area contributed by atoms with E-state index < -0.39 is 28.7 Å². The van der Waals surface area contributed by atoms with Crippen LogP contribution in [0, 0.1) is 11.6 Å². The highest BCUT2D eigenvalue weighted by atomic mass is 19.1. The number of rotatable bonds is 2. The zero-order valence-corrected chi connectivity index (χ0v) is 9.85. The second kappa shape index (κ2) is 4.64.